The number of aromatic nitrogens is 3. The molecule has 8 nitrogen and oxygen atoms in total. The molecule has 0 radical (unpaired) electrons. The molecule has 0 saturated carbocycles. The second-order valence-electron chi connectivity index (χ2n) is 10.4. The average Bonchev–Trinajstić information content (AvgIpc) is 3.17. The van der Waals surface area contributed by atoms with Crippen molar-refractivity contribution in [3.05, 3.63) is 51.9 Å². The van der Waals surface area contributed by atoms with Crippen LogP contribution < -0.4 is 10.9 Å². The molecule has 0 bridgehead atoms. The zero-order valence-corrected chi connectivity index (χ0v) is 21.2. The zero-order chi connectivity index (χ0) is 25.1. The fraction of sp³-hybridized carbons (Fsp3) is 0.519. The smallest absolute Gasteiger partial charge is 0.320 e. The summed E-state index contributed by atoms with van der Waals surface area (Å²) in [5, 5.41) is 12.7. The summed E-state index contributed by atoms with van der Waals surface area (Å²) in [6, 6.07) is 7.51. The van der Waals surface area contributed by atoms with Crippen molar-refractivity contribution < 1.29 is 9.90 Å². The number of piperidine rings is 1. The molecule has 4 rings (SSSR count). The Morgan fingerprint density at radius 3 is 2.66 bits per heavy atom. The number of H-pyrrole nitrogens is 1. The molecule has 2 aromatic heterocycles. The highest BCUT2D eigenvalue weighted by Gasteiger charge is 2.22. The molecule has 8 heteroatoms. The van der Waals surface area contributed by atoms with E-state index in [0.29, 0.717) is 30.4 Å². The van der Waals surface area contributed by atoms with Crippen LogP contribution in [0.25, 0.3) is 22.4 Å². The molecule has 35 heavy (non-hydrogen) atoms. The summed E-state index contributed by atoms with van der Waals surface area (Å²) in [7, 11) is 2.17. The fourth-order valence-corrected chi connectivity index (χ4v) is 4.90. The number of imidazole rings is 1. The van der Waals surface area contributed by atoms with Gasteiger partial charge in [0.1, 0.15) is 11.9 Å². The minimum Gasteiger partial charge on any atom is -0.480 e. The Morgan fingerprint density at radius 2 is 2.00 bits per heavy atom. The molecule has 0 aliphatic carbocycles. The Bertz CT molecular complexity index is 1240. The van der Waals surface area contributed by atoms with E-state index in [1.165, 1.54) is 0 Å². The van der Waals surface area contributed by atoms with Gasteiger partial charge in [-0.25, -0.2) is 4.98 Å². The lowest BCUT2D eigenvalue weighted by Crippen LogP contribution is -2.37. The molecule has 1 aromatic carbocycles. The third kappa shape index (κ3) is 6.00. The Balaban J connectivity index is 1.66. The first-order valence-electron chi connectivity index (χ1n) is 12.5. The maximum atomic E-state index is 12.0. The van der Waals surface area contributed by atoms with Crippen molar-refractivity contribution in [2.24, 2.45) is 11.8 Å². The molecule has 188 valence electrons. The molecule has 0 unspecified atom stereocenters. The summed E-state index contributed by atoms with van der Waals surface area (Å²) in [4.78, 5) is 33.8. The molecular formula is C27H37N5O3. The van der Waals surface area contributed by atoms with Crippen LogP contribution in [-0.2, 0) is 17.9 Å². The van der Waals surface area contributed by atoms with Gasteiger partial charge in [-0.2, -0.15) is 0 Å². The van der Waals surface area contributed by atoms with Crippen LogP contribution in [-0.4, -0.2) is 56.7 Å². The highest BCUT2D eigenvalue weighted by Crippen LogP contribution is 2.29. The number of hydrogen-bond donors (Lipinski definition) is 3. The molecule has 1 aliphatic rings. The number of carbonyl (C=O) groups is 1. The normalized spacial score (nSPS) is 16.3. The lowest BCUT2D eigenvalue weighted by atomic mass is 9.97. The summed E-state index contributed by atoms with van der Waals surface area (Å²) < 4.78 is 2.29. The number of aryl methyl sites for hydroxylation is 1. The number of carboxylic acid groups (broad SMARTS) is 1. The Hall–Kier alpha value is -2.97. The number of nitrogens with one attached hydrogen (secondary N) is 2. The van der Waals surface area contributed by atoms with Crippen LogP contribution in [0.3, 0.4) is 0 Å². The monoisotopic (exact) mass is 479 g/mol. The van der Waals surface area contributed by atoms with E-state index in [-0.39, 0.29) is 5.56 Å². The number of fused-ring (bicyclic) bond motifs is 1. The van der Waals surface area contributed by atoms with Crippen LogP contribution in [0.1, 0.15) is 44.2 Å². The van der Waals surface area contributed by atoms with Crippen LogP contribution >= 0.6 is 0 Å². The summed E-state index contributed by atoms with van der Waals surface area (Å²) in [5.41, 5.74) is 4.41. The van der Waals surface area contributed by atoms with Gasteiger partial charge < -0.3 is 24.9 Å². The van der Waals surface area contributed by atoms with Gasteiger partial charge in [0.25, 0.3) is 5.56 Å². The van der Waals surface area contributed by atoms with Crippen LogP contribution in [0.5, 0.6) is 0 Å². The van der Waals surface area contributed by atoms with Crippen molar-refractivity contribution in [3.63, 3.8) is 0 Å². The molecule has 1 aliphatic heterocycles. The molecule has 3 heterocycles. The first kappa shape index (κ1) is 25.1. The fourth-order valence-electron chi connectivity index (χ4n) is 4.90. The van der Waals surface area contributed by atoms with Crippen molar-refractivity contribution in [2.75, 3.05) is 20.1 Å². The number of aromatic amines is 1. The van der Waals surface area contributed by atoms with E-state index < -0.39 is 12.0 Å². The first-order chi connectivity index (χ1) is 16.7. The third-order valence-corrected chi connectivity index (χ3v) is 7.00. The van der Waals surface area contributed by atoms with Crippen molar-refractivity contribution in [3.8, 4) is 11.4 Å². The molecule has 3 aromatic rings. The van der Waals surface area contributed by atoms with Gasteiger partial charge in [-0.1, -0.05) is 19.9 Å². The predicted octanol–water partition coefficient (Wildman–Crippen LogP) is 3.63. The van der Waals surface area contributed by atoms with E-state index in [1.54, 1.807) is 6.20 Å². The number of pyridine rings is 1. The van der Waals surface area contributed by atoms with Crippen molar-refractivity contribution in [1.82, 2.24) is 24.8 Å². The van der Waals surface area contributed by atoms with E-state index >= 15 is 0 Å². The van der Waals surface area contributed by atoms with Gasteiger partial charge >= 0.3 is 5.97 Å². The van der Waals surface area contributed by atoms with E-state index in [1.807, 2.05) is 32.9 Å². The first-order valence-corrected chi connectivity index (χ1v) is 12.5. The van der Waals surface area contributed by atoms with Crippen molar-refractivity contribution >= 4 is 17.0 Å². The van der Waals surface area contributed by atoms with Crippen LogP contribution in [0.2, 0.25) is 0 Å². The van der Waals surface area contributed by atoms with E-state index in [9.17, 15) is 14.7 Å². The molecule has 1 atom stereocenters. The lowest BCUT2D eigenvalue weighted by Gasteiger charge is -2.29. The average molecular weight is 480 g/mol. The number of hydrogen-bond acceptors (Lipinski definition) is 5. The van der Waals surface area contributed by atoms with Gasteiger partial charge in [-0.3, -0.25) is 9.59 Å². The number of carboxylic acids is 1. The largest absolute Gasteiger partial charge is 0.480 e. The number of nitrogens with zero attached hydrogens (tertiary/aromatic N) is 3. The lowest BCUT2D eigenvalue weighted by molar-refractivity contribution is -0.140. The van der Waals surface area contributed by atoms with Crippen LogP contribution in [0.4, 0.5) is 0 Å². The van der Waals surface area contributed by atoms with E-state index in [2.05, 4.69) is 38.9 Å². The SMILES string of the molecule is Cc1cc(-c2nc3cc(CN[C@@H](CC(C)C)C(=O)O)ccc3n2CC2CCN(C)CC2)c[nH]c1=O. The molecular weight excluding hydrogens is 442 g/mol. The molecule has 0 amide bonds. The van der Waals surface area contributed by atoms with Gasteiger partial charge in [-0.15, -0.1) is 0 Å². The van der Waals surface area contributed by atoms with Crippen LogP contribution in [0, 0.1) is 18.8 Å². The Morgan fingerprint density at radius 1 is 1.26 bits per heavy atom. The molecule has 3 N–H and O–H groups in total. The third-order valence-electron chi connectivity index (χ3n) is 7.00. The molecule has 0 spiro atoms. The Kier molecular flexibility index (Phi) is 7.72. The maximum Gasteiger partial charge on any atom is 0.320 e. The highest BCUT2D eigenvalue weighted by molar-refractivity contribution is 5.81. The van der Waals surface area contributed by atoms with Crippen LogP contribution in [0.15, 0.2) is 35.3 Å². The summed E-state index contributed by atoms with van der Waals surface area (Å²) in [5.74, 6) is 0.897. The van der Waals surface area contributed by atoms with Crippen molar-refractivity contribution in [1.29, 1.82) is 0 Å². The van der Waals surface area contributed by atoms with Gasteiger partial charge in [-0.05, 0) is 81.9 Å². The number of aliphatic carboxylic acids is 1. The van der Waals surface area contributed by atoms with Gasteiger partial charge in [0, 0.05) is 30.4 Å². The van der Waals surface area contributed by atoms with E-state index in [4.69, 9.17) is 4.98 Å². The van der Waals surface area contributed by atoms with E-state index in [0.717, 1.165) is 60.5 Å². The maximum absolute atomic E-state index is 12.0. The standard InChI is InChI=1S/C27H37N5O3/c1-17(2)11-23(27(34)35)28-14-20-5-6-24-22(13-20)30-25(21-12-18(3)26(33)29-15-21)32(24)16-19-7-9-31(4)10-8-19/h5-6,12-13,15,17,19,23,28H,7-11,14,16H2,1-4H3,(H,29,33)(H,34,35)/t23-/m0/s1. The quantitative estimate of drug-likeness (QED) is 0.433. The molecule has 1 saturated heterocycles. The predicted molar refractivity (Wildman–Crippen MR) is 138 cm³/mol. The number of benzene rings is 1. The highest BCUT2D eigenvalue weighted by atomic mass is 16.4. The van der Waals surface area contributed by atoms with Crippen molar-refractivity contribution in [2.45, 2.75) is 59.2 Å². The Labute approximate surface area is 206 Å². The number of likely N-dealkylation sites (tertiary alicyclic amines) is 1. The second kappa shape index (κ2) is 10.7. The molecule has 1 fully saturated rings. The van der Waals surface area contributed by atoms with Gasteiger partial charge in [0.05, 0.1) is 11.0 Å². The minimum absolute atomic E-state index is 0.0885. The van der Waals surface area contributed by atoms with Gasteiger partial charge in [0.15, 0.2) is 0 Å². The summed E-state index contributed by atoms with van der Waals surface area (Å²) >= 11 is 0. The zero-order valence-electron chi connectivity index (χ0n) is 21.2. The second-order valence-corrected chi connectivity index (χ2v) is 10.4. The summed E-state index contributed by atoms with van der Waals surface area (Å²) in [6.45, 7) is 9.41. The summed E-state index contributed by atoms with van der Waals surface area (Å²) in [6.07, 6.45) is 4.62. The minimum atomic E-state index is -0.821. The van der Waals surface area contributed by atoms with Gasteiger partial charge in [0.2, 0.25) is 0 Å². The number of rotatable bonds is 9. The topological polar surface area (TPSA) is 103 Å².